The van der Waals surface area contributed by atoms with Crippen molar-refractivity contribution < 1.29 is 14.3 Å². The Morgan fingerprint density at radius 1 is 1.00 bits per heavy atom. The summed E-state index contributed by atoms with van der Waals surface area (Å²) in [6.45, 7) is 4.29. The van der Waals surface area contributed by atoms with Crippen LogP contribution in [0.5, 0.6) is 5.75 Å². The summed E-state index contributed by atoms with van der Waals surface area (Å²) in [5.41, 5.74) is 7.30. The fourth-order valence-electron chi connectivity index (χ4n) is 4.23. The molecule has 0 aliphatic heterocycles. The minimum Gasteiger partial charge on any atom is -0.496 e. The highest BCUT2D eigenvalue weighted by molar-refractivity contribution is 6.30. The third-order valence-electron chi connectivity index (χ3n) is 5.84. The molecule has 3 aromatic carbocycles. The number of nitrogens with one attached hydrogen (secondary N) is 1. The molecule has 0 saturated heterocycles. The summed E-state index contributed by atoms with van der Waals surface area (Å²) < 4.78 is 10.7. The smallest absolute Gasteiger partial charge is 0.330 e. The maximum Gasteiger partial charge on any atom is 0.330 e. The molecular formula is C30H28ClNO3. The number of hydrogen-bond acceptors (Lipinski definition) is 3. The van der Waals surface area contributed by atoms with Crippen molar-refractivity contribution in [2.24, 2.45) is 0 Å². The fourth-order valence-corrected chi connectivity index (χ4v) is 4.39. The molecule has 35 heavy (non-hydrogen) atoms. The summed E-state index contributed by atoms with van der Waals surface area (Å²) in [6.07, 6.45) is 3.99. The van der Waals surface area contributed by atoms with Gasteiger partial charge in [0.05, 0.1) is 13.7 Å². The van der Waals surface area contributed by atoms with E-state index in [0.717, 1.165) is 56.6 Å². The Hall–Kier alpha value is -3.76. The number of methoxy groups -OCH3 is 1. The van der Waals surface area contributed by atoms with Gasteiger partial charge in [-0.1, -0.05) is 61.0 Å². The first-order valence-corrected chi connectivity index (χ1v) is 12.0. The number of rotatable bonds is 8. The lowest BCUT2D eigenvalue weighted by Crippen LogP contribution is -1.99. The van der Waals surface area contributed by atoms with Gasteiger partial charge in [0.1, 0.15) is 5.75 Å². The molecule has 0 bridgehead atoms. The summed E-state index contributed by atoms with van der Waals surface area (Å²) in [7, 11) is 1.66. The molecule has 0 amide bonds. The van der Waals surface area contributed by atoms with E-state index in [2.05, 4.69) is 42.2 Å². The normalized spacial score (nSPS) is 12.1. The van der Waals surface area contributed by atoms with Crippen LogP contribution in [0.1, 0.15) is 42.7 Å². The Morgan fingerprint density at radius 3 is 2.46 bits per heavy atom. The van der Waals surface area contributed by atoms with Crippen LogP contribution in [-0.2, 0) is 9.53 Å². The second-order valence-corrected chi connectivity index (χ2v) is 8.47. The zero-order chi connectivity index (χ0) is 24.8. The number of aromatic amines is 1. The Morgan fingerprint density at radius 2 is 1.77 bits per heavy atom. The third-order valence-corrected chi connectivity index (χ3v) is 6.08. The van der Waals surface area contributed by atoms with Crippen LogP contribution in [-0.4, -0.2) is 24.7 Å². The maximum absolute atomic E-state index is 11.7. The summed E-state index contributed by atoms with van der Waals surface area (Å²) in [5, 5.41) is 1.78. The van der Waals surface area contributed by atoms with E-state index in [4.69, 9.17) is 21.1 Å². The van der Waals surface area contributed by atoms with Crippen molar-refractivity contribution in [3.05, 3.63) is 106 Å². The van der Waals surface area contributed by atoms with E-state index in [-0.39, 0.29) is 5.97 Å². The molecule has 1 heterocycles. The number of allylic oxidation sites excluding steroid dienone is 1. The molecule has 4 aromatic rings. The predicted molar refractivity (Wildman–Crippen MR) is 145 cm³/mol. The minimum absolute atomic E-state index is 0.349. The minimum atomic E-state index is -0.349. The Bertz CT molecular complexity index is 1360. The van der Waals surface area contributed by atoms with Crippen LogP contribution >= 0.6 is 11.6 Å². The second kappa shape index (κ2) is 11.1. The molecule has 0 fully saturated rings. The van der Waals surface area contributed by atoms with Crippen molar-refractivity contribution in [1.82, 2.24) is 4.98 Å². The van der Waals surface area contributed by atoms with Crippen molar-refractivity contribution in [3.63, 3.8) is 0 Å². The summed E-state index contributed by atoms with van der Waals surface area (Å²) >= 11 is 6.26. The van der Waals surface area contributed by atoms with Crippen LogP contribution in [0.2, 0.25) is 5.02 Å². The Balaban J connectivity index is 1.88. The number of fused-ring (bicyclic) bond motifs is 1. The lowest BCUT2D eigenvalue weighted by molar-refractivity contribution is -0.137. The van der Waals surface area contributed by atoms with Crippen molar-refractivity contribution in [3.8, 4) is 5.75 Å². The zero-order valence-electron chi connectivity index (χ0n) is 20.1. The number of esters is 1. The van der Waals surface area contributed by atoms with Gasteiger partial charge in [-0.3, -0.25) is 0 Å². The Labute approximate surface area is 210 Å². The number of carbonyl (C=O) groups is 1. The molecule has 4 rings (SSSR count). The molecule has 5 heteroatoms. The predicted octanol–water partition coefficient (Wildman–Crippen LogP) is 7.78. The molecule has 0 spiro atoms. The molecule has 0 unspecified atom stereocenters. The quantitative estimate of drug-likeness (QED) is 0.157. The van der Waals surface area contributed by atoms with E-state index in [1.807, 2.05) is 42.5 Å². The van der Waals surface area contributed by atoms with Crippen LogP contribution in [0.3, 0.4) is 0 Å². The SMILES string of the molecule is CCOC(=O)/C=C/c1ccc(/C(=C(/CC)c2ccc(Cl)cc2OC)c2cc3ccccc3[nH]2)cc1. The summed E-state index contributed by atoms with van der Waals surface area (Å²) in [4.78, 5) is 15.3. The van der Waals surface area contributed by atoms with Crippen LogP contribution < -0.4 is 4.74 Å². The van der Waals surface area contributed by atoms with Gasteiger partial charge in [-0.2, -0.15) is 0 Å². The van der Waals surface area contributed by atoms with Gasteiger partial charge in [0.15, 0.2) is 0 Å². The first kappa shape index (κ1) is 24.4. The standard InChI is InChI=1S/C30H28ClNO3/c1-4-24(25-16-15-23(31)19-28(25)34-3)30(27-18-22-8-6-7-9-26(22)32-27)21-13-10-20(11-14-21)12-17-29(33)35-5-2/h6-19,32H,4-5H2,1-3H3/b17-12+,30-24+. The molecule has 1 N–H and O–H groups in total. The number of hydrogen-bond donors (Lipinski definition) is 1. The number of aromatic nitrogens is 1. The van der Waals surface area contributed by atoms with Crippen molar-refractivity contribution in [1.29, 1.82) is 0 Å². The largest absolute Gasteiger partial charge is 0.496 e. The van der Waals surface area contributed by atoms with E-state index >= 15 is 0 Å². The molecular weight excluding hydrogens is 458 g/mol. The van der Waals surface area contributed by atoms with E-state index in [1.54, 1.807) is 20.1 Å². The van der Waals surface area contributed by atoms with E-state index in [1.165, 1.54) is 6.08 Å². The highest BCUT2D eigenvalue weighted by atomic mass is 35.5. The molecule has 0 radical (unpaired) electrons. The first-order valence-electron chi connectivity index (χ1n) is 11.6. The van der Waals surface area contributed by atoms with Gasteiger partial charge < -0.3 is 14.5 Å². The van der Waals surface area contributed by atoms with Crippen LogP contribution in [0.15, 0.2) is 78.9 Å². The summed E-state index contributed by atoms with van der Waals surface area (Å²) in [5.74, 6) is 0.385. The molecule has 0 saturated carbocycles. The van der Waals surface area contributed by atoms with Crippen LogP contribution in [0.4, 0.5) is 0 Å². The van der Waals surface area contributed by atoms with E-state index in [9.17, 15) is 4.79 Å². The number of benzene rings is 3. The molecule has 178 valence electrons. The lowest BCUT2D eigenvalue weighted by Gasteiger charge is -2.17. The number of para-hydroxylation sites is 1. The van der Waals surface area contributed by atoms with Crippen molar-refractivity contribution >= 4 is 45.7 Å². The number of carbonyl (C=O) groups excluding carboxylic acids is 1. The molecule has 0 atom stereocenters. The number of halogens is 1. The Kier molecular flexibility index (Phi) is 7.74. The number of H-pyrrole nitrogens is 1. The van der Waals surface area contributed by atoms with Gasteiger partial charge >= 0.3 is 5.97 Å². The summed E-state index contributed by atoms with van der Waals surface area (Å²) in [6, 6.07) is 24.3. The van der Waals surface area contributed by atoms with Crippen LogP contribution in [0, 0.1) is 0 Å². The van der Waals surface area contributed by atoms with Gasteiger partial charge in [-0.15, -0.1) is 0 Å². The molecule has 4 nitrogen and oxygen atoms in total. The first-order chi connectivity index (χ1) is 17.0. The molecule has 0 aliphatic carbocycles. The van der Waals surface area contributed by atoms with Gasteiger partial charge in [-0.05, 0) is 66.5 Å². The number of ether oxygens (including phenoxy) is 2. The average Bonchev–Trinajstić information content (AvgIpc) is 3.30. The van der Waals surface area contributed by atoms with Gasteiger partial charge in [0.2, 0.25) is 0 Å². The highest BCUT2D eigenvalue weighted by Gasteiger charge is 2.18. The maximum atomic E-state index is 11.7. The molecule has 1 aromatic heterocycles. The fraction of sp³-hybridized carbons (Fsp3) is 0.167. The second-order valence-electron chi connectivity index (χ2n) is 8.03. The van der Waals surface area contributed by atoms with E-state index in [0.29, 0.717) is 11.6 Å². The highest BCUT2D eigenvalue weighted by Crippen LogP contribution is 2.39. The third kappa shape index (κ3) is 5.50. The van der Waals surface area contributed by atoms with E-state index < -0.39 is 0 Å². The van der Waals surface area contributed by atoms with Crippen molar-refractivity contribution in [2.75, 3.05) is 13.7 Å². The monoisotopic (exact) mass is 485 g/mol. The zero-order valence-corrected chi connectivity index (χ0v) is 20.9. The molecule has 0 aliphatic rings. The average molecular weight is 486 g/mol. The van der Waals surface area contributed by atoms with Crippen molar-refractivity contribution in [2.45, 2.75) is 20.3 Å². The topological polar surface area (TPSA) is 51.3 Å². The van der Waals surface area contributed by atoms with Gasteiger partial charge in [0.25, 0.3) is 0 Å². The lowest BCUT2D eigenvalue weighted by atomic mass is 9.90. The van der Waals surface area contributed by atoms with Crippen LogP contribution in [0.25, 0.3) is 28.1 Å². The van der Waals surface area contributed by atoms with Gasteiger partial charge in [-0.25, -0.2) is 4.79 Å². The van der Waals surface area contributed by atoms with Gasteiger partial charge in [0, 0.05) is 38.8 Å².